The van der Waals surface area contributed by atoms with Gasteiger partial charge in [0.2, 0.25) is 0 Å². The second kappa shape index (κ2) is 11.8. The lowest BCUT2D eigenvalue weighted by molar-refractivity contribution is 0.0740. The SMILES string of the molecule is Cc1ccc(-n2nc(C(C)(C)C)cc2NC(=O)Nc2ccc(N3CCN(C(=O)c4cccc(F)c4F)CC3)nc2C)cc1. The summed E-state index contributed by atoms with van der Waals surface area (Å²) in [6.45, 7) is 11.6. The molecule has 1 aliphatic heterocycles. The van der Waals surface area contributed by atoms with Gasteiger partial charge >= 0.3 is 6.03 Å². The zero-order valence-electron chi connectivity index (χ0n) is 24.9. The molecular weight excluding hydrogens is 552 g/mol. The van der Waals surface area contributed by atoms with Crippen molar-refractivity contribution in [3.05, 3.63) is 94.8 Å². The normalized spacial score (nSPS) is 13.7. The van der Waals surface area contributed by atoms with Crippen molar-refractivity contribution in [3.63, 3.8) is 0 Å². The number of rotatable bonds is 5. The first-order chi connectivity index (χ1) is 20.4. The molecule has 0 atom stereocenters. The Bertz CT molecular complexity index is 1650. The van der Waals surface area contributed by atoms with Crippen LogP contribution in [0.4, 0.5) is 30.9 Å². The van der Waals surface area contributed by atoms with Crippen LogP contribution in [0.25, 0.3) is 5.69 Å². The molecule has 0 saturated carbocycles. The second-order valence-electron chi connectivity index (χ2n) is 11.7. The quantitative estimate of drug-likeness (QED) is 0.296. The number of aromatic nitrogens is 3. The third kappa shape index (κ3) is 6.50. The molecule has 3 heterocycles. The van der Waals surface area contributed by atoms with Crippen LogP contribution < -0.4 is 15.5 Å². The number of piperazine rings is 1. The van der Waals surface area contributed by atoms with Crippen LogP contribution >= 0.6 is 0 Å². The molecule has 0 bridgehead atoms. The number of halogens is 2. The molecule has 2 N–H and O–H groups in total. The van der Waals surface area contributed by atoms with Gasteiger partial charge in [0.15, 0.2) is 11.6 Å². The standard InChI is InChI=1S/C32H35F2N7O2/c1-20-9-11-22(12-10-20)41-28(19-26(38-41)32(3,4)5)37-31(43)36-25-13-14-27(35-21(25)2)39-15-17-40(18-16-39)30(42)23-7-6-8-24(33)29(23)34/h6-14,19H,15-18H2,1-5H3,(H2,36,37,43). The van der Waals surface area contributed by atoms with Crippen molar-refractivity contribution in [2.45, 2.75) is 40.0 Å². The highest BCUT2D eigenvalue weighted by Crippen LogP contribution is 2.27. The van der Waals surface area contributed by atoms with Gasteiger partial charge in [-0.05, 0) is 50.2 Å². The number of benzene rings is 2. The van der Waals surface area contributed by atoms with Crippen molar-refractivity contribution in [2.24, 2.45) is 0 Å². The van der Waals surface area contributed by atoms with Crippen LogP contribution in [0.2, 0.25) is 0 Å². The number of hydrogen-bond acceptors (Lipinski definition) is 5. The van der Waals surface area contributed by atoms with Gasteiger partial charge in [-0.1, -0.05) is 44.5 Å². The summed E-state index contributed by atoms with van der Waals surface area (Å²) >= 11 is 0. The van der Waals surface area contributed by atoms with Crippen LogP contribution in [0.5, 0.6) is 0 Å². The van der Waals surface area contributed by atoms with E-state index in [4.69, 9.17) is 5.10 Å². The maximum atomic E-state index is 14.1. The van der Waals surface area contributed by atoms with Crippen molar-refractivity contribution >= 4 is 29.3 Å². The minimum atomic E-state index is -1.13. The predicted molar refractivity (Wildman–Crippen MR) is 163 cm³/mol. The lowest BCUT2D eigenvalue weighted by Gasteiger charge is -2.35. The summed E-state index contributed by atoms with van der Waals surface area (Å²) in [5.41, 5.74) is 3.49. The fraction of sp³-hybridized carbons (Fsp3) is 0.312. The molecule has 5 rings (SSSR count). The number of urea groups is 1. The zero-order chi connectivity index (χ0) is 30.9. The number of nitrogens with one attached hydrogen (secondary N) is 2. The van der Waals surface area contributed by atoms with Gasteiger partial charge in [0.05, 0.1) is 28.3 Å². The number of aryl methyl sites for hydroxylation is 2. The van der Waals surface area contributed by atoms with Gasteiger partial charge in [-0.15, -0.1) is 0 Å². The molecule has 4 aromatic rings. The molecule has 43 heavy (non-hydrogen) atoms. The molecule has 2 aromatic heterocycles. The van der Waals surface area contributed by atoms with Gasteiger partial charge in [0.25, 0.3) is 5.91 Å². The molecule has 11 heteroatoms. The first-order valence-corrected chi connectivity index (χ1v) is 14.1. The topological polar surface area (TPSA) is 95.4 Å². The van der Waals surface area contributed by atoms with Crippen molar-refractivity contribution in [1.82, 2.24) is 19.7 Å². The van der Waals surface area contributed by atoms with Crippen molar-refractivity contribution < 1.29 is 18.4 Å². The van der Waals surface area contributed by atoms with Crippen LogP contribution in [-0.2, 0) is 5.41 Å². The molecule has 2 aromatic carbocycles. The third-order valence-corrected chi connectivity index (χ3v) is 7.39. The summed E-state index contributed by atoms with van der Waals surface area (Å²) in [5, 5.41) is 10.6. The van der Waals surface area contributed by atoms with E-state index in [1.165, 1.54) is 17.0 Å². The fourth-order valence-electron chi connectivity index (χ4n) is 4.82. The first-order valence-electron chi connectivity index (χ1n) is 14.1. The van der Waals surface area contributed by atoms with Crippen LogP contribution in [0.1, 0.15) is 48.1 Å². The van der Waals surface area contributed by atoms with Gasteiger partial charge in [-0.2, -0.15) is 5.10 Å². The van der Waals surface area contributed by atoms with Crippen LogP contribution in [-0.4, -0.2) is 57.8 Å². The van der Waals surface area contributed by atoms with E-state index in [-0.39, 0.29) is 11.0 Å². The molecule has 224 valence electrons. The minimum Gasteiger partial charge on any atom is -0.353 e. The van der Waals surface area contributed by atoms with Gasteiger partial charge in [-0.3, -0.25) is 10.1 Å². The van der Waals surface area contributed by atoms with E-state index in [2.05, 4.69) is 36.4 Å². The summed E-state index contributed by atoms with van der Waals surface area (Å²) in [4.78, 5) is 34.0. The number of carbonyl (C=O) groups excluding carboxylic acids is 2. The number of amides is 3. The molecule has 3 amide bonds. The molecule has 0 radical (unpaired) electrons. The van der Waals surface area contributed by atoms with Crippen molar-refractivity contribution in [3.8, 4) is 5.69 Å². The van der Waals surface area contributed by atoms with E-state index in [0.29, 0.717) is 49.2 Å². The van der Waals surface area contributed by atoms with E-state index >= 15 is 0 Å². The van der Waals surface area contributed by atoms with E-state index in [9.17, 15) is 18.4 Å². The largest absolute Gasteiger partial charge is 0.353 e. The predicted octanol–water partition coefficient (Wildman–Crippen LogP) is 6.07. The molecule has 1 fully saturated rings. The first kappa shape index (κ1) is 29.7. The fourth-order valence-corrected chi connectivity index (χ4v) is 4.82. The van der Waals surface area contributed by atoms with Crippen LogP contribution in [0.3, 0.4) is 0 Å². The monoisotopic (exact) mass is 587 g/mol. The van der Waals surface area contributed by atoms with Gasteiger partial charge in [0.1, 0.15) is 11.6 Å². The lowest BCUT2D eigenvalue weighted by atomic mass is 9.92. The van der Waals surface area contributed by atoms with Crippen LogP contribution in [0.15, 0.2) is 60.7 Å². The Hall–Kier alpha value is -4.80. The van der Waals surface area contributed by atoms with Crippen molar-refractivity contribution in [2.75, 3.05) is 41.7 Å². The second-order valence-corrected chi connectivity index (χ2v) is 11.7. The van der Waals surface area contributed by atoms with E-state index in [0.717, 1.165) is 23.0 Å². The zero-order valence-corrected chi connectivity index (χ0v) is 24.9. The van der Waals surface area contributed by atoms with E-state index in [1.807, 2.05) is 42.2 Å². The number of pyridine rings is 1. The average molecular weight is 588 g/mol. The van der Waals surface area contributed by atoms with Gasteiger partial charge in [-0.25, -0.2) is 23.2 Å². The Morgan fingerprint density at radius 2 is 1.58 bits per heavy atom. The molecular formula is C32H35F2N7O2. The summed E-state index contributed by atoms with van der Waals surface area (Å²) in [5.74, 6) is -1.48. The highest BCUT2D eigenvalue weighted by atomic mass is 19.2. The Kier molecular flexibility index (Phi) is 8.16. The highest BCUT2D eigenvalue weighted by Gasteiger charge is 2.26. The summed E-state index contributed by atoms with van der Waals surface area (Å²) < 4.78 is 29.4. The molecule has 0 aliphatic carbocycles. The number of carbonyl (C=O) groups is 2. The molecule has 9 nitrogen and oxygen atoms in total. The smallest absolute Gasteiger partial charge is 0.324 e. The maximum absolute atomic E-state index is 14.1. The third-order valence-electron chi connectivity index (χ3n) is 7.39. The molecule has 1 saturated heterocycles. The lowest BCUT2D eigenvalue weighted by Crippen LogP contribution is -2.49. The number of hydrogen-bond donors (Lipinski definition) is 2. The molecule has 0 spiro atoms. The Morgan fingerprint density at radius 1 is 0.884 bits per heavy atom. The average Bonchev–Trinajstić information content (AvgIpc) is 3.40. The number of nitrogens with zero attached hydrogens (tertiary/aromatic N) is 5. The van der Waals surface area contributed by atoms with E-state index < -0.39 is 23.6 Å². The summed E-state index contributed by atoms with van der Waals surface area (Å²) in [6.07, 6.45) is 0. The summed E-state index contributed by atoms with van der Waals surface area (Å²) in [6, 6.07) is 16.6. The molecule has 0 unspecified atom stereocenters. The Morgan fingerprint density at radius 3 is 2.23 bits per heavy atom. The van der Waals surface area contributed by atoms with Gasteiger partial charge in [0, 0.05) is 37.7 Å². The Labute approximate surface area is 249 Å². The minimum absolute atomic E-state index is 0.215. The molecule has 1 aliphatic rings. The van der Waals surface area contributed by atoms with Crippen LogP contribution in [0, 0.1) is 25.5 Å². The Balaban J connectivity index is 1.24. The van der Waals surface area contributed by atoms with Crippen molar-refractivity contribution in [1.29, 1.82) is 0 Å². The van der Waals surface area contributed by atoms with Gasteiger partial charge < -0.3 is 15.1 Å². The maximum Gasteiger partial charge on any atom is 0.324 e. The summed E-state index contributed by atoms with van der Waals surface area (Å²) in [7, 11) is 0. The highest BCUT2D eigenvalue weighted by molar-refractivity contribution is 6.00. The van der Waals surface area contributed by atoms with E-state index in [1.54, 1.807) is 23.7 Å². The number of anilines is 3.